The van der Waals surface area contributed by atoms with E-state index < -0.39 is 0 Å². The molecule has 3 N–H and O–H groups in total. The lowest BCUT2D eigenvalue weighted by molar-refractivity contribution is 0.141. The number of nitrogens with two attached hydrogens (primary N) is 1. The number of nitrogens with zero attached hydrogens (tertiary/aromatic N) is 3. The van der Waals surface area contributed by atoms with E-state index in [1.807, 2.05) is 11.8 Å². The van der Waals surface area contributed by atoms with Gasteiger partial charge in [-0.05, 0) is 42.3 Å². The minimum Gasteiger partial charge on any atom is -0.391 e. The highest BCUT2D eigenvalue weighted by atomic mass is 32.2. The van der Waals surface area contributed by atoms with E-state index in [0.717, 1.165) is 49.5 Å². The predicted octanol–water partition coefficient (Wildman–Crippen LogP) is 2.99. The Balaban J connectivity index is 1.40. The molecular formula is C20H32N4OS. The number of anilines is 1. The molecule has 0 bridgehead atoms. The summed E-state index contributed by atoms with van der Waals surface area (Å²) in [5.74, 6) is 3.42. The van der Waals surface area contributed by atoms with Crippen molar-refractivity contribution in [3.05, 3.63) is 23.7 Å². The first-order valence-electron chi connectivity index (χ1n) is 9.96. The number of nitrogen functional groups attached to an aromatic ring is 1. The Morgan fingerprint density at radius 2 is 2.12 bits per heavy atom. The highest BCUT2D eigenvalue weighted by Crippen LogP contribution is 2.31. The number of unbranched alkanes of at least 4 members (excludes halogenated alkanes) is 3. The lowest BCUT2D eigenvalue weighted by Crippen LogP contribution is -2.24. The molecule has 1 saturated heterocycles. The number of fused-ring (bicyclic) bond motifs is 1. The molecule has 2 atom stereocenters. The smallest absolute Gasteiger partial charge is 0.130 e. The summed E-state index contributed by atoms with van der Waals surface area (Å²) in [5, 5.41) is 10.4. The molecule has 3 rings (SSSR count). The van der Waals surface area contributed by atoms with Gasteiger partial charge < -0.3 is 10.8 Å². The van der Waals surface area contributed by atoms with Crippen molar-refractivity contribution >= 4 is 23.2 Å². The number of aliphatic hydroxyl groups is 1. The van der Waals surface area contributed by atoms with E-state index >= 15 is 0 Å². The van der Waals surface area contributed by atoms with E-state index in [2.05, 4.69) is 27.9 Å². The third-order valence-corrected chi connectivity index (χ3v) is 6.59. The molecule has 0 saturated carbocycles. The molecule has 0 unspecified atom stereocenters. The normalized spacial score (nSPS) is 22.6. The third-order valence-electron chi connectivity index (χ3n) is 5.49. The van der Waals surface area contributed by atoms with Crippen molar-refractivity contribution in [1.82, 2.24) is 14.9 Å². The number of hydrogen-bond acceptors (Lipinski definition) is 6. The Kier molecular flexibility index (Phi) is 7.34. The summed E-state index contributed by atoms with van der Waals surface area (Å²) >= 11 is 2.05. The lowest BCUT2D eigenvalue weighted by Gasteiger charge is -2.17. The molecule has 0 amide bonds. The topological polar surface area (TPSA) is 75.3 Å². The van der Waals surface area contributed by atoms with Gasteiger partial charge in [0.15, 0.2) is 0 Å². The van der Waals surface area contributed by atoms with Crippen molar-refractivity contribution in [2.24, 2.45) is 5.92 Å². The number of likely N-dealkylation sites (tertiary alicyclic amines) is 1. The Labute approximate surface area is 161 Å². The van der Waals surface area contributed by atoms with Crippen LogP contribution in [0.25, 0.3) is 5.57 Å². The number of hydrogen-bond donors (Lipinski definition) is 2. The molecule has 1 aromatic heterocycles. The molecular weight excluding hydrogens is 344 g/mol. The molecule has 0 radical (unpaired) electrons. The van der Waals surface area contributed by atoms with Gasteiger partial charge in [0.05, 0.1) is 11.8 Å². The van der Waals surface area contributed by atoms with Gasteiger partial charge in [-0.15, -0.1) is 0 Å². The van der Waals surface area contributed by atoms with Crippen LogP contribution < -0.4 is 5.73 Å². The second-order valence-corrected chi connectivity index (χ2v) is 8.73. The Hall–Kier alpha value is -1.11. The molecule has 0 spiro atoms. The van der Waals surface area contributed by atoms with Crippen molar-refractivity contribution in [3.63, 3.8) is 0 Å². The van der Waals surface area contributed by atoms with Gasteiger partial charge in [0.1, 0.15) is 12.1 Å². The minimum absolute atomic E-state index is 0.201. The molecule has 1 aromatic rings. The van der Waals surface area contributed by atoms with Crippen molar-refractivity contribution in [2.45, 2.75) is 51.6 Å². The summed E-state index contributed by atoms with van der Waals surface area (Å²) in [7, 11) is 0. The number of β-amino-alcohol motifs (C(OH)–C–C–N with tert-alkyl or cyclic N) is 1. The predicted molar refractivity (Wildman–Crippen MR) is 110 cm³/mol. The Bertz CT molecular complexity index is 622. The first kappa shape index (κ1) is 19.6. The van der Waals surface area contributed by atoms with Crippen molar-refractivity contribution in [1.29, 1.82) is 0 Å². The van der Waals surface area contributed by atoms with E-state index in [-0.39, 0.29) is 6.10 Å². The monoisotopic (exact) mass is 376 g/mol. The van der Waals surface area contributed by atoms with Crippen molar-refractivity contribution in [3.8, 4) is 0 Å². The summed E-state index contributed by atoms with van der Waals surface area (Å²) < 4.78 is 0. The second kappa shape index (κ2) is 9.72. The van der Waals surface area contributed by atoms with Gasteiger partial charge >= 0.3 is 0 Å². The summed E-state index contributed by atoms with van der Waals surface area (Å²) in [5.41, 5.74) is 9.23. The average Bonchev–Trinajstić information content (AvgIpc) is 3.19. The first-order chi connectivity index (χ1) is 12.7. The largest absolute Gasteiger partial charge is 0.391 e. The molecule has 2 heterocycles. The number of aliphatic hydroxyl groups excluding tert-OH is 1. The van der Waals surface area contributed by atoms with Crippen LogP contribution in [-0.4, -0.2) is 57.2 Å². The fourth-order valence-electron chi connectivity index (χ4n) is 3.93. The van der Waals surface area contributed by atoms with Gasteiger partial charge in [-0.3, -0.25) is 4.90 Å². The maximum atomic E-state index is 10.4. The van der Waals surface area contributed by atoms with E-state index in [9.17, 15) is 5.11 Å². The minimum atomic E-state index is -0.201. The third kappa shape index (κ3) is 4.99. The van der Waals surface area contributed by atoms with Crippen LogP contribution in [0.5, 0.6) is 0 Å². The molecule has 1 fully saturated rings. The van der Waals surface area contributed by atoms with Crippen molar-refractivity contribution in [2.75, 3.05) is 36.9 Å². The highest BCUT2D eigenvalue weighted by molar-refractivity contribution is 7.99. The molecule has 0 aromatic carbocycles. The van der Waals surface area contributed by atoms with Gasteiger partial charge in [-0.1, -0.05) is 32.3 Å². The molecule has 1 aliphatic carbocycles. The molecule has 6 heteroatoms. The Morgan fingerprint density at radius 1 is 1.23 bits per heavy atom. The van der Waals surface area contributed by atoms with Crippen LogP contribution >= 0.6 is 11.8 Å². The average molecular weight is 377 g/mol. The number of rotatable bonds is 10. The summed E-state index contributed by atoms with van der Waals surface area (Å²) in [6, 6.07) is 0. The summed E-state index contributed by atoms with van der Waals surface area (Å²) in [6.07, 6.45) is 10.8. The van der Waals surface area contributed by atoms with Crippen LogP contribution in [0.3, 0.4) is 0 Å². The lowest BCUT2D eigenvalue weighted by atomic mass is 10.0. The molecule has 26 heavy (non-hydrogen) atoms. The van der Waals surface area contributed by atoms with Crippen molar-refractivity contribution < 1.29 is 5.11 Å². The van der Waals surface area contributed by atoms with Gasteiger partial charge in [0, 0.05) is 25.2 Å². The molecule has 144 valence electrons. The fourth-order valence-corrected chi connectivity index (χ4v) is 5.01. The van der Waals surface area contributed by atoms with E-state index in [1.165, 1.54) is 37.0 Å². The first-order valence-corrected chi connectivity index (χ1v) is 11.1. The van der Waals surface area contributed by atoms with Gasteiger partial charge in [-0.2, -0.15) is 11.8 Å². The maximum absolute atomic E-state index is 10.4. The maximum Gasteiger partial charge on any atom is 0.130 e. The van der Waals surface area contributed by atoms with Crippen LogP contribution in [0.4, 0.5) is 5.82 Å². The fraction of sp³-hybridized carbons (Fsp3) is 0.700. The zero-order chi connectivity index (χ0) is 18.4. The number of allylic oxidation sites excluding steroid dienone is 1. The van der Waals surface area contributed by atoms with Crippen LogP contribution in [0.2, 0.25) is 0 Å². The standard InChI is InChI=1S/C20H32N4OS/c1-2-3-4-5-9-26-10-8-15-11-24(13-18(15)25)12-16-6-7-17-19(16)22-14-23-20(17)21/h6,14-15,18,25H,2-5,7-13H2,1H3,(H2,21,22,23)/t15-,18-/m0/s1. The van der Waals surface area contributed by atoms with Crippen LogP contribution in [0, 0.1) is 5.92 Å². The van der Waals surface area contributed by atoms with Gasteiger partial charge in [0.25, 0.3) is 0 Å². The number of thioether (sulfide) groups is 1. The van der Waals surface area contributed by atoms with E-state index in [1.54, 1.807) is 6.33 Å². The quantitative estimate of drug-likeness (QED) is 0.612. The van der Waals surface area contributed by atoms with Crippen LogP contribution in [0.15, 0.2) is 12.4 Å². The van der Waals surface area contributed by atoms with Crippen LogP contribution in [0.1, 0.15) is 50.3 Å². The Morgan fingerprint density at radius 3 is 2.96 bits per heavy atom. The molecule has 5 nitrogen and oxygen atoms in total. The van der Waals surface area contributed by atoms with E-state index in [0.29, 0.717) is 11.7 Å². The van der Waals surface area contributed by atoms with E-state index in [4.69, 9.17) is 5.73 Å². The molecule has 1 aliphatic heterocycles. The van der Waals surface area contributed by atoms with Gasteiger partial charge in [0.2, 0.25) is 0 Å². The van der Waals surface area contributed by atoms with Crippen LogP contribution in [-0.2, 0) is 6.42 Å². The highest BCUT2D eigenvalue weighted by Gasteiger charge is 2.32. The zero-order valence-electron chi connectivity index (χ0n) is 15.9. The zero-order valence-corrected chi connectivity index (χ0v) is 16.7. The summed E-state index contributed by atoms with van der Waals surface area (Å²) in [6.45, 7) is 4.84. The summed E-state index contributed by atoms with van der Waals surface area (Å²) in [4.78, 5) is 10.9. The number of aromatic nitrogens is 2. The molecule has 2 aliphatic rings. The van der Waals surface area contributed by atoms with Gasteiger partial charge in [-0.25, -0.2) is 9.97 Å². The second-order valence-electron chi connectivity index (χ2n) is 7.50. The SMILES string of the molecule is CCCCCCSCC[C@H]1CN(CC2=CCc3c(N)ncnc32)C[C@@H]1O.